The molecule has 4 aromatic rings. The number of carbonyl (C=O) groups is 2. The van der Waals surface area contributed by atoms with Gasteiger partial charge in [0.1, 0.15) is 11.4 Å². The second-order valence-electron chi connectivity index (χ2n) is 9.11. The van der Waals surface area contributed by atoms with Crippen molar-refractivity contribution in [3.63, 3.8) is 0 Å². The van der Waals surface area contributed by atoms with Crippen LogP contribution >= 0.6 is 0 Å². The third kappa shape index (κ3) is 5.15. The summed E-state index contributed by atoms with van der Waals surface area (Å²) < 4.78 is 40.3. The number of aromatic nitrogens is 2. The first-order valence-corrected chi connectivity index (χ1v) is 12.0. The number of para-hydroxylation sites is 1. The Morgan fingerprint density at radius 3 is 2.37 bits per heavy atom. The molecule has 1 aliphatic heterocycles. The Labute approximate surface area is 216 Å². The lowest BCUT2D eigenvalue weighted by Crippen LogP contribution is -2.38. The summed E-state index contributed by atoms with van der Waals surface area (Å²) in [5.41, 5.74) is 0.767. The van der Waals surface area contributed by atoms with Gasteiger partial charge in [-0.2, -0.15) is 13.2 Å². The van der Waals surface area contributed by atoms with Crippen LogP contribution in [0.15, 0.2) is 73.1 Å². The van der Waals surface area contributed by atoms with Crippen LogP contribution in [0.5, 0.6) is 5.75 Å². The van der Waals surface area contributed by atoms with Crippen molar-refractivity contribution in [3.05, 3.63) is 95.4 Å². The maximum Gasteiger partial charge on any atom is 0.433 e. The predicted molar refractivity (Wildman–Crippen MR) is 135 cm³/mol. The standard InChI is InChI=1S/C28H23F3N4O3/c29-28(30,31)25-15-22(20-3-1-2-4-23(20)34-25)27(38)35-13-10-18(11-14-35)17-5-7-19(8-6-17)33-26(37)21-9-12-32-16-24(21)36/h1-9,12,15-16,18,36H,10-11,13-14H2,(H,33,37). The van der Waals surface area contributed by atoms with Crippen molar-refractivity contribution in [2.24, 2.45) is 0 Å². The molecule has 2 N–H and O–H groups in total. The van der Waals surface area contributed by atoms with E-state index in [1.165, 1.54) is 24.5 Å². The van der Waals surface area contributed by atoms with Crippen LogP contribution in [0.4, 0.5) is 18.9 Å². The zero-order valence-electron chi connectivity index (χ0n) is 20.1. The van der Waals surface area contributed by atoms with E-state index in [2.05, 4.69) is 15.3 Å². The lowest BCUT2D eigenvalue weighted by Gasteiger charge is -2.32. The summed E-state index contributed by atoms with van der Waals surface area (Å²) >= 11 is 0. The fourth-order valence-corrected chi connectivity index (χ4v) is 4.70. The van der Waals surface area contributed by atoms with Crippen LogP contribution < -0.4 is 5.32 Å². The lowest BCUT2D eigenvalue weighted by molar-refractivity contribution is -0.141. The molecule has 1 fully saturated rings. The normalized spacial score (nSPS) is 14.4. The number of likely N-dealkylation sites (tertiary alicyclic amines) is 1. The molecular weight excluding hydrogens is 497 g/mol. The van der Waals surface area contributed by atoms with E-state index in [1.807, 2.05) is 12.1 Å². The molecule has 0 radical (unpaired) electrons. The second kappa shape index (κ2) is 10.1. The van der Waals surface area contributed by atoms with Crippen molar-refractivity contribution >= 4 is 28.4 Å². The van der Waals surface area contributed by atoms with Crippen molar-refractivity contribution in [3.8, 4) is 5.75 Å². The zero-order valence-corrected chi connectivity index (χ0v) is 20.1. The Bertz CT molecular complexity index is 1500. The van der Waals surface area contributed by atoms with E-state index in [9.17, 15) is 27.9 Å². The molecule has 0 aliphatic carbocycles. The summed E-state index contributed by atoms with van der Waals surface area (Å²) in [6, 6.07) is 15.9. The highest BCUT2D eigenvalue weighted by Gasteiger charge is 2.35. The molecule has 1 saturated heterocycles. The van der Waals surface area contributed by atoms with Gasteiger partial charge in [-0.25, -0.2) is 4.98 Å². The molecule has 2 aromatic heterocycles. The summed E-state index contributed by atoms with van der Waals surface area (Å²) in [5, 5.41) is 12.9. The molecule has 2 amide bonds. The Hall–Kier alpha value is -4.47. The summed E-state index contributed by atoms with van der Waals surface area (Å²) in [5.74, 6) is -0.947. The summed E-state index contributed by atoms with van der Waals surface area (Å²) in [7, 11) is 0. The maximum absolute atomic E-state index is 13.4. The van der Waals surface area contributed by atoms with E-state index in [4.69, 9.17) is 0 Å². The van der Waals surface area contributed by atoms with E-state index in [-0.39, 0.29) is 28.3 Å². The van der Waals surface area contributed by atoms with Gasteiger partial charge in [0.25, 0.3) is 11.8 Å². The number of nitrogens with zero attached hydrogens (tertiary/aromatic N) is 3. The minimum atomic E-state index is -4.66. The molecule has 7 nitrogen and oxygen atoms in total. The first-order chi connectivity index (χ1) is 18.2. The van der Waals surface area contributed by atoms with Crippen LogP contribution in [-0.4, -0.2) is 44.9 Å². The summed E-state index contributed by atoms with van der Waals surface area (Å²) in [6.45, 7) is 0.808. The number of hydrogen-bond donors (Lipinski definition) is 2. The van der Waals surface area contributed by atoms with Crippen LogP contribution in [0.1, 0.15) is 50.7 Å². The fraction of sp³-hybridized carbons (Fsp3) is 0.214. The molecule has 38 heavy (non-hydrogen) atoms. The number of anilines is 1. The van der Waals surface area contributed by atoms with Crippen LogP contribution in [-0.2, 0) is 6.18 Å². The van der Waals surface area contributed by atoms with Gasteiger partial charge in [0, 0.05) is 30.4 Å². The lowest BCUT2D eigenvalue weighted by atomic mass is 9.89. The molecule has 194 valence electrons. The van der Waals surface area contributed by atoms with Gasteiger partial charge in [0.05, 0.1) is 22.8 Å². The van der Waals surface area contributed by atoms with Crippen LogP contribution in [0.25, 0.3) is 10.9 Å². The maximum atomic E-state index is 13.4. The van der Waals surface area contributed by atoms with Crippen LogP contribution in [0.2, 0.25) is 0 Å². The first-order valence-electron chi connectivity index (χ1n) is 12.0. The van der Waals surface area contributed by atoms with Gasteiger partial charge in [0.2, 0.25) is 0 Å². The Balaban J connectivity index is 1.26. The molecule has 0 atom stereocenters. The van der Waals surface area contributed by atoms with Crippen molar-refractivity contribution in [2.75, 3.05) is 18.4 Å². The number of nitrogens with one attached hydrogen (secondary N) is 1. The Kier molecular flexibility index (Phi) is 6.71. The third-order valence-corrected chi connectivity index (χ3v) is 6.70. The average molecular weight is 521 g/mol. The van der Waals surface area contributed by atoms with Gasteiger partial charge in [-0.15, -0.1) is 0 Å². The first kappa shape index (κ1) is 25.2. The molecular formula is C28H23F3N4O3. The van der Waals surface area contributed by atoms with Gasteiger partial charge in [0.15, 0.2) is 0 Å². The number of benzene rings is 2. The van der Waals surface area contributed by atoms with Crippen molar-refractivity contribution in [1.82, 2.24) is 14.9 Å². The highest BCUT2D eigenvalue weighted by Crippen LogP contribution is 2.33. The number of fused-ring (bicyclic) bond motifs is 1. The zero-order chi connectivity index (χ0) is 26.9. The van der Waals surface area contributed by atoms with Crippen molar-refractivity contribution in [1.29, 1.82) is 0 Å². The molecule has 2 aromatic carbocycles. The van der Waals surface area contributed by atoms with E-state index in [1.54, 1.807) is 35.2 Å². The van der Waals surface area contributed by atoms with Crippen LogP contribution in [0.3, 0.4) is 0 Å². The highest BCUT2D eigenvalue weighted by molar-refractivity contribution is 6.06. The highest BCUT2D eigenvalue weighted by atomic mass is 19.4. The molecule has 0 unspecified atom stereocenters. The number of carbonyl (C=O) groups excluding carboxylic acids is 2. The molecule has 3 heterocycles. The summed E-state index contributed by atoms with van der Waals surface area (Å²) in [6.07, 6.45) is -0.742. The molecule has 0 bridgehead atoms. The number of amides is 2. The molecule has 1 aliphatic rings. The number of pyridine rings is 2. The molecule has 5 rings (SSSR count). The minimum Gasteiger partial charge on any atom is -0.505 e. The predicted octanol–water partition coefficient (Wildman–Crippen LogP) is 5.63. The third-order valence-electron chi connectivity index (χ3n) is 6.70. The summed E-state index contributed by atoms with van der Waals surface area (Å²) in [4.78, 5) is 34.7. The van der Waals surface area contributed by atoms with Crippen molar-refractivity contribution < 1.29 is 27.9 Å². The Morgan fingerprint density at radius 1 is 0.974 bits per heavy atom. The average Bonchev–Trinajstić information content (AvgIpc) is 2.92. The van der Waals surface area contributed by atoms with E-state index in [0.29, 0.717) is 37.0 Å². The SMILES string of the molecule is O=C(Nc1ccc(C2CCN(C(=O)c3cc(C(F)(F)F)nc4ccccc34)CC2)cc1)c1ccncc1O. The Morgan fingerprint density at radius 2 is 1.68 bits per heavy atom. The number of alkyl halides is 3. The topological polar surface area (TPSA) is 95.4 Å². The number of halogens is 3. The molecule has 0 saturated carbocycles. The van der Waals surface area contributed by atoms with E-state index >= 15 is 0 Å². The number of rotatable bonds is 4. The number of piperidine rings is 1. The fourth-order valence-electron chi connectivity index (χ4n) is 4.70. The van der Waals surface area contributed by atoms with Gasteiger partial charge in [-0.1, -0.05) is 30.3 Å². The molecule has 0 spiro atoms. The van der Waals surface area contributed by atoms with Gasteiger partial charge >= 0.3 is 6.18 Å². The van der Waals surface area contributed by atoms with Gasteiger partial charge in [-0.3, -0.25) is 14.6 Å². The van der Waals surface area contributed by atoms with Gasteiger partial charge < -0.3 is 15.3 Å². The van der Waals surface area contributed by atoms with Crippen molar-refractivity contribution in [2.45, 2.75) is 24.9 Å². The number of hydrogen-bond acceptors (Lipinski definition) is 5. The number of aromatic hydroxyl groups is 1. The quantitative estimate of drug-likeness (QED) is 0.364. The second-order valence-corrected chi connectivity index (χ2v) is 9.11. The monoisotopic (exact) mass is 520 g/mol. The largest absolute Gasteiger partial charge is 0.505 e. The minimum absolute atomic E-state index is 0.00158. The van der Waals surface area contributed by atoms with Gasteiger partial charge in [-0.05, 0) is 54.7 Å². The smallest absolute Gasteiger partial charge is 0.433 e. The van der Waals surface area contributed by atoms with E-state index < -0.39 is 23.7 Å². The molecule has 10 heteroatoms. The van der Waals surface area contributed by atoms with E-state index in [0.717, 1.165) is 11.6 Å². The van der Waals surface area contributed by atoms with Crippen LogP contribution in [0, 0.1) is 0 Å².